The van der Waals surface area contributed by atoms with Gasteiger partial charge in [-0.2, -0.15) is 5.26 Å². The van der Waals surface area contributed by atoms with Crippen molar-refractivity contribution in [2.24, 2.45) is 0 Å². The molecule has 1 amide bonds. The lowest BCUT2D eigenvalue weighted by atomic mass is 9.86. The Balaban J connectivity index is 2.03. The number of nitriles is 1. The third-order valence-electron chi connectivity index (χ3n) is 5.12. The van der Waals surface area contributed by atoms with E-state index in [4.69, 9.17) is 14.2 Å². The van der Waals surface area contributed by atoms with Crippen LogP contribution < -0.4 is 14.8 Å². The smallest absolute Gasteiger partial charge is 0.311 e. The fourth-order valence-corrected chi connectivity index (χ4v) is 3.13. The lowest BCUT2D eigenvalue weighted by Crippen LogP contribution is -2.27. The van der Waals surface area contributed by atoms with Gasteiger partial charge in [-0.25, -0.2) is 0 Å². The van der Waals surface area contributed by atoms with Crippen LogP contribution in [0.5, 0.6) is 11.5 Å². The Morgan fingerprint density at radius 1 is 1.06 bits per heavy atom. The quantitative estimate of drug-likeness (QED) is 0.186. The molecule has 0 atom stereocenters. The van der Waals surface area contributed by atoms with Gasteiger partial charge in [-0.3, -0.25) is 9.59 Å². The van der Waals surface area contributed by atoms with Gasteiger partial charge in [-0.15, -0.1) is 0 Å². The van der Waals surface area contributed by atoms with E-state index in [2.05, 4.69) is 38.2 Å². The van der Waals surface area contributed by atoms with Gasteiger partial charge >= 0.3 is 5.97 Å². The van der Waals surface area contributed by atoms with Crippen molar-refractivity contribution in [3.8, 4) is 17.6 Å². The molecule has 0 aromatic heterocycles. The summed E-state index contributed by atoms with van der Waals surface area (Å²) in [5, 5.41) is 11.9. The summed E-state index contributed by atoms with van der Waals surface area (Å²) in [6.45, 7) is 7.13. The van der Waals surface area contributed by atoms with E-state index in [1.54, 1.807) is 18.2 Å². The van der Waals surface area contributed by atoms with E-state index >= 15 is 0 Å². The Morgan fingerprint density at radius 2 is 1.76 bits per heavy atom. The van der Waals surface area contributed by atoms with E-state index in [0.29, 0.717) is 30.9 Å². The van der Waals surface area contributed by atoms with Crippen molar-refractivity contribution in [2.75, 3.05) is 27.4 Å². The van der Waals surface area contributed by atoms with Crippen molar-refractivity contribution in [1.82, 2.24) is 5.32 Å². The molecule has 0 fully saturated rings. The van der Waals surface area contributed by atoms with E-state index in [1.807, 2.05) is 18.2 Å². The fraction of sp³-hybridized carbons (Fsp3) is 0.370. The van der Waals surface area contributed by atoms with Crippen LogP contribution in [0.4, 0.5) is 0 Å². The average molecular weight is 465 g/mol. The lowest BCUT2D eigenvalue weighted by Gasteiger charge is -2.19. The van der Waals surface area contributed by atoms with Crippen LogP contribution in [0, 0.1) is 11.3 Å². The number of amides is 1. The number of aryl methyl sites for hydroxylation is 1. The summed E-state index contributed by atoms with van der Waals surface area (Å²) in [6, 6.07) is 15.0. The maximum Gasteiger partial charge on any atom is 0.311 e. The van der Waals surface area contributed by atoms with Gasteiger partial charge in [0, 0.05) is 20.1 Å². The van der Waals surface area contributed by atoms with E-state index in [-0.39, 0.29) is 29.1 Å². The van der Waals surface area contributed by atoms with Crippen LogP contribution in [-0.2, 0) is 26.2 Å². The van der Waals surface area contributed by atoms with E-state index in [1.165, 1.54) is 25.9 Å². The monoisotopic (exact) mass is 464 g/mol. The first kappa shape index (κ1) is 26.6. The molecule has 0 aliphatic rings. The molecular formula is C27H32N2O5. The Hall–Kier alpha value is -3.63. The van der Waals surface area contributed by atoms with Crippen LogP contribution in [0.3, 0.4) is 0 Å². The van der Waals surface area contributed by atoms with Gasteiger partial charge in [0.1, 0.15) is 11.6 Å². The minimum atomic E-state index is -0.496. The molecule has 0 spiro atoms. The highest BCUT2D eigenvalue weighted by atomic mass is 16.6. The summed E-state index contributed by atoms with van der Waals surface area (Å²) in [5.74, 6) is -0.272. The molecule has 0 saturated carbocycles. The summed E-state index contributed by atoms with van der Waals surface area (Å²) < 4.78 is 15.7. The van der Waals surface area contributed by atoms with E-state index < -0.39 is 5.91 Å². The summed E-state index contributed by atoms with van der Waals surface area (Å²) in [7, 11) is 2.98. The molecule has 0 aliphatic heterocycles. The summed E-state index contributed by atoms with van der Waals surface area (Å²) in [5.41, 5.74) is 2.89. The van der Waals surface area contributed by atoms with Crippen molar-refractivity contribution in [2.45, 2.75) is 39.0 Å². The van der Waals surface area contributed by atoms with Crippen molar-refractivity contribution < 1.29 is 23.8 Å². The molecule has 0 radical (unpaired) electrons. The normalized spacial score (nSPS) is 11.5. The highest BCUT2D eigenvalue weighted by molar-refractivity contribution is 6.01. The van der Waals surface area contributed by atoms with Crippen molar-refractivity contribution in [3.05, 3.63) is 64.7 Å². The number of nitrogens with zero attached hydrogens (tertiary/aromatic N) is 1. The number of nitrogens with one attached hydrogen (secondary N) is 1. The molecule has 0 aliphatic carbocycles. The van der Waals surface area contributed by atoms with Gasteiger partial charge < -0.3 is 19.5 Å². The molecule has 2 aromatic rings. The molecule has 2 rings (SSSR count). The molecule has 1 N–H and O–H groups in total. The fourth-order valence-electron chi connectivity index (χ4n) is 3.13. The second-order valence-electron chi connectivity index (χ2n) is 8.75. The zero-order valence-electron chi connectivity index (χ0n) is 20.4. The molecular weight excluding hydrogens is 432 g/mol. The topological polar surface area (TPSA) is 97.6 Å². The third-order valence-corrected chi connectivity index (χ3v) is 5.12. The molecule has 0 saturated heterocycles. The molecule has 0 heterocycles. The van der Waals surface area contributed by atoms with Gasteiger partial charge in [0.25, 0.3) is 5.91 Å². The summed E-state index contributed by atoms with van der Waals surface area (Å²) in [6.07, 6.45) is 2.23. The van der Waals surface area contributed by atoms with Gasteiger partial charge in [-0.1, -0.05) is 51.1 Å². The third kappa shape index (κ3) is 8.05. The Labute approximate surface area is 201 Å². The Morgan fingerprint density at radius 3 is 2.35 bits per heavy atom. The first-order chi connectivity index (χ1) is 16.2. The molecule has 2 aromatic carbocycles. The van der Waals surface area contributed by atoms with Crippen LogP contribution in [0.1, 0.15) is 43.9 Å². The number of rotatable bonds is 10. The number of hydrogen-bond acceptors (Lipinski definition) is 6. The Bertz CT molecular complexity index is 1060. The number of carbonyl (C=O) groups excluding carboxylic acids is 2. The second-order valence-corrected chi connectivity index (χ2v) is 8.75. The van der Waals surface area contributed by atoms with Crippen LogP contribution in [0.2, 0.25) is 0 Å². The molecule has 0 bridgehead atoms. The lowest BCUT2D eigenvalue weighted by molar-refractivity contribution is -0.134. The first-order valence-electron chi connectivity index (χ1n) is 11.0. The van der Waals surface area contributed by atoms with Gasteiger partial charge in [0.2, 0.25) is 0 Å². The minimum absolute atomic E-state index is 0.0552. The SMILES string of the molecule is COCCNC(=O)/C(C#N)=C/c1ccc(OC(=O)CCc2ccc(C(C)(C)C)cc2)c(OC)c1. The number of hydrogen-bond donors (Lipinski definition) is 1. The average Bonchev–Trinajstić information content (AvgIpc) is 2.81. The molecule has 34 heavy (non-hydrogen) atoms. The molecule has 0 unspecified atom stereocenters. The summed E-state index contributed by atoms with van der Waals surface area (Å²) >= 11 is 0. The number of benzene rings is 2. The van der Waals surface area contributed by atoms with Crippen LogP contribution in [0.25, 0.3) is 6.08 Å². The van der Waals surface area contributed by atoms with Crippen molar-refractivity contribution in [1.29, 1.82) is 5.26 Å². The number of esters is 1. The van der Waals surface area contributed by atoms with Crippen LogP contribution in [-0.4, -0.2) is 39.2 Å². The van der Waals surface area contributed by atoms with Crippen LogP contribution >= 0.6 is 0 Å². The zero-order chi connectivity index (χ0) is 25.1. The number of carbonyl (C=O) groups is 2. The molecule has 7 nitrogen and oxygen atoms in total. The van der Waals surface area contributed by atoms with E-state index in [9.17, 15) is 14.9 Å². The van der Waals surface area contributed by atoms with Crippen LogP contribution in [0.15, 0.2) is 48.0 Å². The Kier molecular flexibility index (Phi) is 9.84. The largest absolute Gasteiger partial charge is 0.493 e. The zero-order valence-corrected chi connectivity index (χ0v) is 20.4. The number of ether oxygens (including phenoxy) is 3. The second kappa shape index (κ2) is 12.6. The highest BCUT2D eigenvalue weighted by Gasteiger charge is 2.15. The first-order valence-corrected chi connectivity index (χ1v) is 11.0. The van der Waals surface area contributed by atoms with Crippen molar-refractivity contribution in [3.63, 3.8) is 0 Å². The van der Waals surface area contributed by atoms with Gasteiger partial charge in [0.05, 0.1) is 13.7 Å². The van der Waals surface area contributed by atoms with Crippen molar-refractivity contribution >= 4 is 18.0 Å². The van der Waals surface area contributed by atoms with E-state index in [0.717, 1.165) is 5.56 Å². The standard InChI is InChI=1S/C27H32N2O5/c1-27(2,3)22-10-6-19(7-11-22)9-13-25(30)34-23-12-8-20(17-24(23)33-5)16-21(18-28)26(31)29-14-15-32-4/h6-8,10-12,16-17H,9,13-15H2,1-5H3,(H,29,31)/b21-16+. The summed E-state index contributed by atoms with van der Waals surface area (Å²) in [4.78, 5) is 24.5. The predicted octanol–water partition coefficient (Wildman–Crippen LogP) is 4.20. The molecule has 7 heteroatoms. The van der Waals surface area contributed by atoms with Gasteiger partial charge in [-0.05, 0) is 46.7 Å². The predicted molar refractivity (Wildman–Crippen MR) is 131 cm³/mol. The number of methoxy groups -OCH3 is 2. The highest BCUT2D eigenvalue weighted by Crippen LogP contribution is 2.29. The van der Waals surface area contributed by atoms with Gasteiger partial charge in [0.15, 0.2) is 11.5 Å². The molecule has 180 valence electrons. The maximum absolute atomic E-state index is 12.4. The maximum atomic E-state index is 12.4. The minimum Gasteiger partial charge on any atom is -0.493 e.